The summed E-state index contributed by atoms with van der Waals surface area (Å²) in [5.41, 5.74) is 0.888. The first-order valence-electron chi connectivity index (χ1n) is 13.0. The average molecular weight is 507 g/mol. The van der Waals surface area contributed by atoms with Gasteiger partial charge in [0.05, 0.1) is 5.02 Å². The van der Waals surface area contributed by atoms with Crippen molar-refractivity contribution in [2.45, 2.75) is 38.1 Å². The molecule has 1 aromatic heterocycles. The Morgan fingerprint density at radius 2 is 1.61 bits per heavy atom. The van der Waals surface area contributed by atoms with Crippen LogP contribution in [0.3, 0.4) is 0 Å². The van der Waals surface area contributed by atoms with E-state index in [1.165, 1.54) is 25.9 Å². The summed E-state index contributed by atoms with van der Waals surface area (Å²) in [4.78, 5) is 34.9. The molecule has 190 valence electrons. The lowest BCUT2D eigenvalue weighted by Gasteiger charge is -2.42. The van der Waals surface area contributed by atoms with Gasteiger partial charge in [-0.05, 0) is 82.3 Å². The van der Waals surface area contributed by atoms with Crippen LogP contribution >= 0.6 is 11.6 Å². The summed E-state index contributed by atoms with van der Waals surface area (Å²) in [6, 6.07) is 14.9. The number of rotatable bonds is 5. The maximum atomic E-state index is 14.0. The van der Waals surface area contributed by atoms with Gasteiger partial charge in [-0.15, -0.1) is 0 Å². The fourth-order valence-corrected chi connectivity index (χ4v) is 6.16. The Hall–Kier alpha value is -2.83. The maximum Gasteiger partial charge on any atom is 0.252 e. The highest BCUT2D eigenvalue weighted by Gasteiger charge is 2.41. The molecule has 3 heterocycles. The summed E-state index contributed by atoms with van der Waals surface area (Å²) in [6.07, 6.45) is 6.28. The van der Waals surface area contributed by atoms with E-state index < -0.39 is 5.54 Å². The van der Waals surface area contributed by atoms with E-state index in [4.69, 9.17) is 11.6 Å². The number of halogens is 1. The topological polar surface area (TPSA) is 68.4 Å². The molecule has 1 atom stereocenters. The lowest BCUT2D eigenvalue weighted by molar-refractivity contribution is -0.139. The van der Waals surface area contributed by atoms with Crippen LogP contribution in [-0.4, -0.2) is 59.8 Å². The van der Waals surface area contributed by atoms with Crippen LogP contribution in [0.5, 0.6) is 0 Å². The standard InChI is InChI=1S/C29H35ClN4O2/c1-29(23-6-4-3-5-7-23,32-27(35)22-8-9-24-25(30)19-31-26(24)18-22)28(36)34-16-12-21(13-17-34)20-10-14-33(2)15-11-20/h3-9,18-21,31H,10-17H2,1-2H3,(H,32,35)/t29-/m0/s1. The van der Waals surface area contributed by atoms with Crippen molar-refractivity contribution < 1.29 is 9.59 Å². The van der Waals surface area contributed by atoms with Gasteiger partial charge in [0.25, 0.3) is 11.8 Å². The van der Waals surface area contributed by atoms with Crippen LogP contribution < -0.4 is 5.32 Å². The summed E-state index contributed by atoms with van der Waals surface area (Å²) in [7, 11) is 2.20. The Morgan fingerprint density at radius 1 is 0.972 bits per heavy atom. The second-order valence-corrected chi connectivity index (χ2v) is 11.0. The van der Waals surface area contributed by atoms with Gasteiger partial charge in [0, 0.05) is 35.8 Å². The van der Waals surface area contributed by atoms with Crippen molar-refractivity contribution in [1.82, 2.24) is 20.1 Å². The molecule has 2 N–H and O–H groups in total. The number of piperidine rings is 2. The van der Waals surface area contributed by atoms with Crippen molar-refractivity contribution in [3.05, 3.63) is 70.9 Å². The minimum absolute atomic E-state index is 0.0483. The van der Waals surface area contributed by atoms with Crippen molar-refractivity contribution in [1.29, 1.82) is 0 Å². The third-order valence-corrected chi connectivity index (χ3v) is 8.61. The minimum atomic E-state index is -1.17. The molecule has 7 heteroatoms. The highest BCUT2D eigenvalue weighted by molar-refractivity contribution is 6.35. The van der Waals surface area contributed by atoms with Gasteiger partial charge in [0.2, 0.25) is 0 Å². The zero-order valence-electron chi connectivity index (χ0n) is 21.1. The number of benzene rings is 2. The number of likely N-dealkylation sites (tertiary alicyclic amines) is 2. The molecule has 6 nitrogen and oxygen atoms in total. The smallest absolute Gasteiger partial charge is 0.252 e. The number of carbonyl (C=O) groups excluding carboxylic acids is 2. The fourth-order valence-electron chi connectivity index (χ4n) is 5.94. The minimum Gasteiger partial charge on any atom is -0.360 e. The Kier molecular flexibility index (Phi) is 7.09. The number of H-pyrrole nitrogens is 1. The molecule has 0 unspecified atom stereocenters. The van der Waals surface area contributed by atoms with E-state index in [1.54, 1.807) is 18.3 Å². The number of hydrogen-bond acceptors (Lipinski definition) is 3. The number of nitrogens with zero attached hydrogens (tertiary/aromatic N) is 2. The second-order valence-electron chi connectivity index (χ2n) is 10.6. The molecule has 2 amide bonds. The molecule has 0 saturated carbocycles. The van der Waals surface area contributed by atoms with E-state index in [1.807, 2.05) is 48.2 Å². The second kappa shape index (κ2) is 10.3. The predicted molar refractivity (Wildman–Crippen MR) is 144 cm³/mol. The summed E-state index contributed by atoms with van der Waals surface area (Å²) < 4.78 is 0. The van der Waals surface area contributed by atoms with E-state index in [2.05, 4.69) is 22.2 Å². The summed E-state index contributed by atoms with van der Waals surface area (Å²) in [6.45, 7) is 5.64. The molecule has 5 rings (SSSR count). The van der Waals surface area contributed by atoms with Gasteiger partial charge in [0.15, 0.2) is 0 Å². The first-order valence-corrected chi connectivity index (χ1v) is 13.4. The number of carbonyl (C=O) groups is 2. The Labute approximate surface area is 218 Å². The van der Waals surface area contributed by atoms with Crippen LogP contribution in [0, 0.1) is 11.8 Å². The molecule has 0 radical (unpaired) electrons. The molecular weight excluding hydrogens is 472 g/mol. The van der Waals surface area contributed by atoms with E-state index in [-0.39, 0.29) is 11.8 Å². The van der Waals surface area contributed by atoms with Gasteiger partial charge in [-0.3, -0.25) is 9.59 Å². The van der Waals surface area contributed by atoms with Gasteiger partial charge in [-0.25, -0.2) is 0 Å². The summed E-state index contributed by atoms with van der Waals surface area (Å²) >= 11 is 6.20. The van der Waals surface area contributed by atoms with E-state index in [9.17, 15) is 9.59 Å². The highest BCUT2D eigenvalue weighted by atomic mass is 35.5. The molecule has 0 bridgehead atoms. The predicted octanol–water partition coefficient (Wildman–Crippen LogP) is 5.05. The first-order chi connectivity index (χ1) is 17.3. The lowest BCUT2D eigenvalue weighted by atomic mass is 9.78. The van der Waals surface area contributed by atoms with Crippen LogP contribution in [0.1, 0.15) is 48.5 Å². The van der Waals surface area contributed by atoms with Crippen LogP contribution in [0.25, 0.3) is 10.9 Å². The van der Waals surface area contributed by atoms with E-state index >= 15 is 0 Å². The normalized spacial score (nSPS) is 19.8. The fraction of sp³-hybridized carbons (Fsp3) is 0.448. The van der Waals surface area contributed by atoms with Crippen LogP contribution in [0.4, 0.5) is 0 Å². The van der Waals surface area contributed by atoms with Gasteiger partial charge < -0.3 is 20.1 Å². The van der Waals surface area contributed by atoms with Crippen LogP contribution in [0.2, 0.25) is 5.02 Å². The van der Waals surface area contributed by atoms with Gasteiger partial charge >= 0.3 is 0 Å². The van der Waals surface area contributed by atoms with Crippen molar-refractivity contribution in [2.24, 2.45) is 11.8 Å². The Bertz CT molecular complexity index is 1230. The van der Waals surface area contributed by atoms with Gasteiger partial charge in [0.1, 0.15) is 5.54 Å². The van der Waals surface area contributed by atoms with Crippen LogP contribution in [-0.2, 0) is 10.3 Å². The first kappa shape index (κ1) is 24.8. The highest BCUT2D eigenvalue weighted by Crippen LogP contribution is 2.34. The van der Waals surface area contributed by atoms with Crippen molar-refractivity contribution in [3.63, 3.8) is 0 Å². The number of aromatic amines is 1. The SMILES string of the molecule is CN1CCC(C2CCN(C(=O)[C@@](C)(NC(=O)c3ccc4c(Cl)c[nH]c4c3)c3ccccc3)CC2)CC1. The number of nitrogens with one attached hydrogen (secondary N) is 2. The van der Waals surface area contributed by atoms with E-state index in [0.717, 1.165) is 48.3 Å². The van der Waals surface area contributed by atoms with Crippen LogP contribution in [0.15, 0.2) is 54.7 Å². The molecule has 2 saturated heterocycles. The number of aromatic nitrogens is 1. The zero-order chi connectivity index (χ0) is 25.3. The third-order valence-electron chi connectivity index (χ3n) is 8.29. The monoisotopic (exact) mass is 506 g/mol. The molecule has 3 aromatic rings. The number of amides is 2. The molecule has 36 heavy (non-hydrogen) atoms. The Balaban J connectivity index is 1.33. The van der Waals surface area contributed by atoms with Crippen molar-refractivity contribution >= 4 is 34.3 Å². The number of fused-ring (bicyclic) bond motifs is 1. The largest absolute Gasteiger partial charge is 0.360 e. The molecular formula is C29H35ClN4O2. The summed E-state index contributed by atoms with van der Waals surface area (Å²) in [5, 5.41) is 4.57. The average Bonchev–Trinajstić information content (AvgIpc) is 3.29. The summed E-state index contributed by atoms with van der Waals surface area (Å²) in [5.74, 6) is 1.10. The molecule has 2 aromatic carbocycles. The van der Waals surface area contributed by atoms with Crippen molar-refractivity contribution in [2.75, 3.05) is 33.2 Å². The third kappa shape index (κ3) is 4.89. The van der Waals surface area contributed by atoms with Gasteiger partial charge in [-0.1, -0.05) is 48.0 Å². The van der Waals surface area contributed by atoms with Crippen molar-refractivity contribution in [3.8, 4) is 0 Å². The number of hydrogen-bond donors (Lipinski definition) is 2. The molecule has 2 fully saturated rings. The molecule has 2 aliphatic heterocycles. The lowest BCUT2D eigenvalue weighted by Crippen LogP contribution is -2.57. The molecule has 0 spiro atoms. The molecule has 0 aliphatic carbocycles. The molecule has 2 aliphatic rings. The Morgan fingerprint density at radius 3 is 2.28 bits per heavy atom. The quantitative estimate of drug-likeness (QED) is 0.509. The van der Waals surface area contributed by atoms with Gasteiger partial charge in [-0.2, -0.15) is 0 Å². The maximum absolute atomic E-state index is 14.0. The van der Waals surface area contributed by atoms with E-state index in [0.29, 0.717) is 16.5 Å². The zero-order valence-corrected chi connectivity index (χ0v) is 21.9.